The van der Waals surface area contributed by atoms with Crippen LogP contribution in [0.3, 0.4) is 0 Å². The molecule has 3 nitrogen and oxygen atoms in total. The van der Waals surface area contributed by atoms with E-state index in [1.165, 1.54) is 16.3 Å². The molecule has 0 bridgehead atoms. The van der Waals surface area contributed by atoms with Gasteiger partial charge in [0.05, 0.1) is 5.25 Å². The summed E-state index contributed by atoms with van der Waals surface area (Å²) in [6, 6.07) is -0.0139. The van der Waals surface area contributed by atoms with Crippen molar-refractivity contribution in [3.05, 3.63) is 0 Å². The van der Waals surface area contributed by atoms with Gasteiger partial charge in [-0.15, -0.1) is 11.4 Å². The zero-order chi connectivity index (χ0) is 10.0. The summed E-state index contributed by atoms with van der Waals surface area (Å²) in [6.45, 7) is 3.73. The van der Waals surface area contributed by atoms with Crippen LogP contribution in [0, 0.1) is 0 Å². The Morgan fingerprint density at radius 2 is 2.15 bits per heavy atom. The molecule has 0 radical (unpaired) electrons. The number of nitrogens with zero attached hydrogens (tertiary/aromatic N) is 1. The molecular formula is C8H14NO2PS. The Labute approximate surface area is 84.6 Å². The Morgan fingerprint density at radius 1 is 1.54 bits per heavy atom. The number of rotatable bonds is 2. The first-order chi connectivity index (χ1) is 6.07. The molecule has 1 aliphatic rings. The molecule has 2 atom stereocenters. The zero-order valence-electron chi connectivity index (χ0n) is 7.82. The van der Waals surface area contributed by atoms with Gasteiger partial charge in [0.2, 0.25) is 11.8 Å². The Balaban J connectivity index is 2.78. The lowest BCUT2D eigenvalue weighted by molar-refractivity contribution is -0.149. The van der Waals surface area contributed by atoms with E-state index in [0.29, 0.717) is 12.8 Å². The van der Waals surface area contributed by atoms with Crippen LogP contribution in [0.4, 0.5) is 0 Å². The van der Waals surface area contributed by atoms with E-state index in [-0.39, 0.29) is 23.1 Å². The molecule has 0 N–H and O–H groups in total. The molecule has 5 heteroatoms. The van der Waals surface area contributed by atoms with Gasteiger partial charge in [0.25, 0.3) is 0 Å². The summed E-state index contributed by atoms with van der Waals surface area (Å²) in [6.07, 6.45) is 1.17. The van der Waals surface area contributed by atoms with Crippen LogP contribution in [-0.2, 0) is 9.59 Å². The van der Waals surface area contributed by atoms with Crippen LogP contribution in [0.25, 0.3) is 0 Å². The average Bonchev–Trinajstić information content (AvgIpc) is 2.04. The van der Waals surface area contributed by atoms with Crippen LogP contribution in [0.15, 0.2) is 0 Å². The molecule has 1 saturated heterocycles. The van der Waals surface area contributed by atoms with E-state index < -0.39 is 0 Å². The van der Waals surface area contributed by atoms with Crippen LogP contribution in [0.2, 0.25) is 0 Å². The summed E-state index contributed by atoms with van der Waals surface area (Å²) >= 11 is 1.45. The van der Waals surface area contributed by atoms with E-state index in [1.807, 2.05) is 13.8 Å². The molecule has 1 rings (SSSR count). The van der Waals surface area contributed by atoms with Crippen molar-refractivity contribution in [3.63, 3.8) is 0 Å². The van der Waals surface area contributed by atoms with Gasteiger partial charge in [-0.25, -0.2) is 0 Å². The van der Waals surface area contributed by atoms with E-state index in [2.05, 4.69) is 8.44 Å². The van der Waals surface area contributed by atoms with E-state index >= 15 is 0 Å². The molecule has 0 aromatic heterocycles. The topological polar surface area (TPSA) is 37.4 Å². The highest BCUT2D eigenvalue weighted by Gasteiger charge is 2.35. The van der Waals surface area contributed by atoms with E-state index in [4.69, 9.17) is 0 Å². The van der Waals surface area contributed by atoms with Crippen molar-refractivity contribution in [3.8, 4) is 0 Å². The van der Waals surface area contributed by atoms with Gasteiger partial charge in [0, 0.05) is 12.5 Å². The molecule has 2 amide bonds. The summed E-state index contributed by atoms with van der Waals surface area (Å²) in [5, 5.41) is -0.0508. The van der Waals surface area contributed by atoms with Crippen LogP contribution in [0.5, 0.6) is 0 Å². The second-order valence-corrected chi connectivity index (χ2v) is 5.02. The van der Waals surface area contributed by atoms with Crippen molar-refractivity contribution in [2.24, 2.45) is 0 Å². The van der Waals surface area contributed by atoms with Crippen molar-refractivity contribution >= 4 is 31.6 Å². The molecule has 0 aromatic rings. The molecule has 1 aliphatic heterocycles. The number of carbonyl (C=O) groups excluding carboxylic acids is 2. The second kappa shape index (κ2) is 4.43. The highest BCUT2D eigenvalue weighted by atomic mass is 32.7. The van der Waals surface area contributed by atoms with Gasteiger partial charge < -0.3 is 0 Å². The Bertz CT molecular complexity index is 232. The lowest BCUT2D eigenvalue weighted by Gasteiger charge is -2.32. The maximum Gasteiger partial charge on any atom is 0.242 e. The predicted molar refractivity (Wildman–Crippen MR) is 57.3 cm³/mol. The summed E-state index contributed by atoms with van der Waals surface area (Å²) in [4.78, 5) is 24.5. The third kappa shape index (κ3) is 2.23. The Morgan fingerprint density at radius 3 is 2.62 bits per heavy atom. The molecule has 0 aliphatic carbocycles. The maximum absolute atomic E-state index is 11.7. The number of amides is 2. The molecule has 13 heavy (non-hydrogen) atoms. The first-order valence-corrected chi connectivity index (χ1v) is 6.65. The van der Waals surface area contributed by atoms with Gasteiger partial charge >= 0.3 is 0 Å². The zero-order valence-corrected chi connectivity index (χ0v) is 9.79. The van der Waals surface area contributed by atoms with Gasteiger partial charge in [0.15, 0.2) is 0 Å². The number of hydrogen-bond donors (Lipinski definition) is 0. The number of piperidine rings is 1. The summed E-state index contributed by atoms with van der Waals surface area (Å²) < 4.78 is 0. The highest BCUT2D eigenvalue weighted by Crippen LogP contribution is 2.29. The fourth-order valence-electron chi connectivity index (χ4n) is 1.45. The third-order valence-corrected chi connectivity index (χ3v) is 3.83. The first-order valence-electron chi connectivity index (χ1n) is 4.29. The standard InChI is InChI=1S/C8H14NO2PS/c1-5(2)9-7(10)4-3-6(13-12)8(9)11/h5-6H,3-4,12H2,1-2H3. The summed E-state index contributed by atoms with van der Waals surface area (Å²) in [5.74, 6) is -0.0680. The van der Waals surface area contributed by atoms with Crippen LogP contribution < -0.4 is 0 Å². The minimum Gasteiger partial charge on any atom is -0.279 e. The normalized spacial score (nSPS) is 24.3. The van der Waals surface area contributed by atoms with Crippen LogP contribution >= 0.6 is 19.8 Å². The van der Waals surface area contributed by atoms with Crippen molar-refractivity contribution in [1.82, 2.24) is 4.90 Å². The predicted octanol–water partition coefficient (Wildman–Crippen LogP) is 1.44. The number of imide groups is 1. The number of carbonyl (C=O) groups is 2. The number of likely N-dealkylation sites (tertiary alicyclic amines) is 1. The highest BCUT2D eigenvalue weighted by molar-refractivity contribution is 8.44. The first kappa shape index (κ1) is 11.0. The summed E-state index contributed by atoms with van der Waals surface area (Å²) in [5.41, 5.74) is 0. The molecule has 74 valence electrons. The van der Waals surface area contributed by atoms with Crippen molar-refractivity contribution in [1.29, 1.82) is 0 Å². The SMILES string of the molecule is CC(C)N1C(=O)CCC(SP)C1=O. The molecule has 1 fully saturated rings. The average molecular weight is 219 g/mol. The van der Waals surface area contributed by atoms with E-state index in [1.54, 1.807) is 0 Å². The van der Waals surface area contributed by atoms with Gasteiger partial charge in [-0.2, -0.15) is 0 Å². The molecule has 0 spiro atoms. The number of hydrogen-bond acceptors (Lipinski definition) is 3. The fraction of sp³-hybridized carbons (Fsp3) is 0.750. The quantitative estimate of drug-likeness (QED) is 0.521. The van der Waals surface area contributed by atoms with Gasteiger partial charge in [-0.1, -0.05) is 8.44 Å². The lowest BCUT2D eigenvalue weighted by Crippen LogP contribution is -2.49. The van der Waals surface area contributed by atoms with E-state index in [0.717, 1.165) is 0 Å². The fourth-order valence-corrected chi connectivity index (χ4v) is 2.69. The van der Waals surface area contributed by atoms with Crippen molar-refractivity contribution in [2.75, 3.05) is 0 Å². The monoisotopic (exact) mass is 219 g/mol. The van der Waals surface area contributed by atoms with Gasteiger partial charge in [-0.05, 0) is 20.3 Å². The molecule has 2 unspecified atom stereocenters. The van der Waals surface area contributed by atoms with E-state index in [9.17, 15) is 9.59 Å². The minimum atomic E-state index is -0.0508. The Kier molecular flexibility index (Phi) is 3.74. The summed E-state index contributed by atoms with van der Waals surface area (Å²) in [7, 11) is 2.49. The second-order valence-electron chi connectivity index (χ2n) is 3.36. The minimum absolute atomic E-state index is 0.0139. The maximum atomic E-state index is 11.7. The van der Waals surface area contributed by atoms with Crippen LogP contribution in [0.1, 0.15) is 26.7 Å². The molecule has 0 aromatic carbocycles. The van der Waals surface area contributed by atoms with Crippen molar-refractivity contribution in [2.45, 2.75) is 38.0 Å². The molecular weight excluding hydrogens is 205 g/mol. The molecule has 0 saturated carbocycles. The van der Waals surface area contributed by atoms with Gasteiger partial charge in [0.1, 0.15) is 0 Å². The lowest BCUT2D eigenvalue weighted by atomic mass is 10.1. The smallest absolute Gasteiger partial charge is 0.242 e. The van der Waals surface area contributed by atoms with Crippen LogP contribution in [-0.4, -0.2) is 28.0 Å². The largest absolute Gasteiger partial charge is 0.279 e. The van der Waals surface area contributed by atoms with Gasteiger partial charge in [-0.3, -0.25) is 14.5 Å². The third-order valence-electron chi connectivity index (χ3n) is 2.08. The molecule has 1 heterocycles. The van der Waals surface area contributed by atoms with Crippen molar-refractivity contribution < 1.29 is 9.59 Å². The Hall–Kier alpha value is -0.0800.